The molecule has 2 N–H and O–H groups in total. The average molecular weight is 543 g/mol. The summed E-state index contributed by atoms with van der Waals surface area (Å²) in [5, 5.41) is 6.90. The maximum atomic E-state index is 5.42. The Morgan fingerprint density at radius 3 is 2.47 bits per heavy atom. The number of thiophene rings is 1. The van der Waals surface area contributed by atoms with Crippen LogP contribution in [0.4, 0.5) is 0 Å². The van der Waals surface area contributed by atoms with Crippen LogP contribution in [0.5, 0.6) is 0 Å². The highest BCUT2D eigenvalue weighted by atomic mass is 127. The molecule has 7 heteroatoms. The predicted octanol–water partition coefficient (Wildman–Crippen LogP) is 4.19. The summed E-state index contributed by atoms with van der Waals surface area (Å²) in [6.45, 7) is 12.7. The molecule has 1 aromatic carbocycles. The molecule has 0 saturated carbocycles. The first kappa shape index (κ1) is 25.1. The Balaban J connectivity index is 0.00000320. The van der Waals surface area contributed by atoms with Gasteiger partial charge in [-0.25, -0.2) is 4.99 Å². The standard InChI is InChI=1S/C23H34N4OS.HI/c1-4-24-23(26-18(2)15-22-10-5-19(3)29-22)25-16-20-6-8-21(9-7-20)17-27-11-13-28-14-12-27;/h5-10,18H,4,11-17H2,1-3H3,(H2,24,25,26);1H. The number of morpholine rings is 1. The van der Waals surface area contributed by atoms with Crippen molar-refractivity contribution < 1.29 is 4.74 Å². The van der Waals surface area contributed by atoms with Gasteiger partial charge in [-0.2, -0.15) is 0 Å². The highest BCUT2D eigenvalue weighted by molar-refractivity contribution is 14.0. The Morgan fingerprint density at radius 2 is 1.83 bits per heavy atom. The molecule has 166 valence electrons. The van der Waals surface area contributed by atoms with Crippen molar-refractivity contribution in [1.82, 2.24) is 15.5 Å². The van der Waals surface area contributed by atoms with E-state index in [1.54, 1.807) is 0 Å². The molecule has 30 heavy (non-hydrogen) atoms. The van der Waals surface area contributed by atoms with Crippen LogP contribution < -0.4 is 10.6 Å². The number of nitrogens with zero attached hydrogens (tertiary/aromatic N) is 2. The number of rotatable bonds is 8. The van der Waals surface area contributed by atoms with E-state index < -0.39 is 0 Å². The van der Waals surface area contributed by atoms with E-state index in [-0.39, 0.29) is 24.0 Å². The van der Waals surface area contributed by atoms with Gasteiger partial charge in [0.2, 0.25) is 0 Å². The number of hydrogen-bond donors (Lipinski definition) is 2. The summed E-state index contributed by atoms with van der Waals surface area (Å²) in [5.74, 6) is 0.880. The van der Waals surface area contributed by atoms with Crippen molar-refractivity contribution in [3.63, 3.8) is 0 Å². The number of aliphatic imine (C=N–C) groups is 1. The molecule has 3 rings (SSSR count). The van der Waals surface area contributed by atoms with Gasteiger partial charge in [0.05, 0.1) is 19.8 Å². The Labute approximate surface area is 202 Å². The minimum atomic E-state index is 0. The van der Waals surface area contributed by atoms with Crippen LogP contribution in [0, 0.1) is 6.92 Å². The van der Waals surface area contributed by atoms with Crippen LogP contribution >= 0.6 is 35.3 Å². The van der Waals surface area contributed by atoms with Gasteiger partial charge in [-0.3, -0.25) is 4.90 Å². The number of ether oxygens (including phenoxy) is 1. The van der Waals surface area contributed by atoms with Crippen molar-refractivity contribution >= 4 is 41.3 Å². The van der Waals surface area contributed by atoms with Crippen molar-refractivity contribution in [2.24, 2.45) is 4.99 Å². The van der Waals surface area contributed by atoms with Gasteiger partial charge in [0.25, 0.3) is 0 Å². The van der Waals surface area contributed by atoms with E-state index in [0.29, 0.717) is 12.6 Å². The molecular formula is C23H35IN4OS. The highest BCUT2D eigenvalue weighted by Crippen LogP contribution is 2.16. The second-order valence-corrected chi connectivity index (χ2v) is 9.03. The van der Waals surface area contributed by atoms with Gasteiger partial charge in [-0.1, -0.05) is 24.3 Å². The summed E-state index contributed by atoms with van der Waals surface area (Å²) in [7, 11) is 0. The lowest BCUT2D eigenvalue weighted by molar-refractivity contribution is 0.0342. The molecule has 5 nitrogen and oxygen atoms in total. The van der Waals surface area contributed by atoms with E-state index >= 15 is 0 Å². The summed E-state index contributed by atoms with van der Waals surface area (Å²) in [4.78, 5) is 10.0. The topological polar surface area (TPSA) is 48.9 Å². The molecule has 2 heterocycles. The van der Waals surface area contributed by atoms with Crippen molar-refractivity contribution in [3.05, 3.63) is 57.3 Å². The lowest BCUT2D eigenvalue weighted by Gasteiger charge is -2.26. The van der Waals surface area contributed by atoms with Gasteiger partial charge in [0.15, 0.2) is 5.96 Å². The third kappa shape index (κ3) is 8.53. The first-order valence-electron chi connectivity index (χ1n) is 10.6. The molecule has 1 aromatic heterocycles. The molecule has 1 unspecified atom stereocenters. The minimum Gasteiger partial charge on any atom is -0.379 e. The molecule has 0 bridgehead atoms. The molecule has 2 aromatic rings. The van der Waals surface area contributed by atoms with Crippen molar-refractivity contribution in [2.75, 3.05) is 32.8 Å². The fraction of sp³-hybridized carbons (Fsp3) is 0.522. The second kappa shape index (κ2) is 13.3. The summed E-state index contributed by atoms with van der Waals surface area (Å²) < 4.78 is 5.42. The maximum absolute atomic E-state index is 5.42. The summed E-state index contributed by atoms with van der Waals surface area (Å²) >= 11 is 1.87. The number of halogens is 1. The summed E-state index contributed by atoms with van der Waals surface area (Å²) in [5.41, 5.74) is 2.58. The molecule has 0 aliphatic carbocycles. The first-order chi connectivity index (χ1) is 14.1. The van der Waals surface area contributed by atoms with E-state index in [4.69, 9.17) is 9.73 Å². The smallest absolute Gasteiger partial charge is 0.191 e. The first-order valence-corrected chi connectivity index (χ1v) is 11.4. The normalized spacial score (nSPS) is 16.0. The van der Waals surface area contributed by atoms with Crippen molar-refractivity contribution in [2.45, 2.75) is 46.3 Å². The zero-order valence-electron chi connectivity index (χ0n) is 18.3. The van der Waals surface area contributed by atoms with Gasteiger partial charge in [-0.15, -0.1) is 35.3 Å². The zero-order chi connectivity index (χ0) is 20.5. The van der Waals surface area contributed by atoms with Crippen LogP contribution in [0.2, 0.25) is 0 Å². The van der Waals surface area contributed by atoms with Crippen LogP contribution in [0.15, 0.2) is 41.4 Å². The van der Waals surface area contributed by atoms with Crippen LogP contribution in [-0.2, 0) is 24.2 Å². The van der Waals surface area contributed by atoms with Crippen LogP contribution in [-0.4, -0.2) is 49.7 Å². The Bertz CT molecular complexity index is 772. The Morgan fingerprint density at radius 1 is 1.13 bits per heavy atom. The molecule has 1 aliphatic heterocycles. The number of guanidine groups is 1. The fourth-order valence-corrected chi connectivity index (χ4v) is 4.46. The van der Waals surface area contributed by atoms with Gasteiger partial charge >= 0.3 is 0 Å². The van der Waals surface area contributed by atoms with E-state index in [2.05, 4.69) is 72.7 Å². The molecule has 1 atom stereocenters. The van der Waals surface area contributed by atoms with Crippen LogP contribution in [0.3, 0.4) is 0 Å². The van der Waals surface area contributed by atoms with Gasteiger partial charge in [-0.05, 0) is 44.0 Å². The Hall–Kier alpha value is -1.16. The van der Waals surface area contributed by atoms with E-state index in [1.807, 2.05) is 11.3 Å². The van der Waals surface area contributed by atoms with E-state index in [1.165, 1.54) is 20.9 Å². The minimum absolute atomic E-state index is 0. The van der Waals surface area contributed by atoms with Gasteiger partial charge < -0.3 is 15.4 Å². The molecule has 0 radical (unpaired) electrons. The van der Waals surface area contributed by atoms with Crippen molar-refractivity contribution in [1.29, 1.82) is 0 Å². The number of hydrogen-bond acceptors (Lipinski definition) is 4. The lowest BCUT2D eigenvalue weighted by Crippen LogP contribution is -2.43. The molecule has 0 amide bonds. The molecule has 1 aliphatic rings. The molecular weight excluding hydrogens is 507 g/mol. The molecule has 1 saturated heterocycles. The third-order valence-electron chi connectivity index (χ3n) is 4.98. The van der Waals surface area contributed by atoms with Gasteiger partial charge in [0.1, 0.15) is 0 Å². The van der Waals surface area contributed by atoms with E-state index in [0.717, 1.165) is 51.8 Å². The zero-order valence-corrected chi connectivity index (χ0v) is 21.5. The fourth-order valence-electron chi connectivity index (χ4n) is 3.44. The van der Waals surface area contributed by atoms with Crippen molar-refractivity contribution in [3.8, 4) is 0 Å². The summed E-state index contributed by atoms with van der Waals surface area (Å²) in [6, 6.07) is 13.6. The quantitative estimate of drug-likeness (QED) is 0.299. The lowest BCUT2D eigenvalue weighted by atomic mass is 10.1. The predicted molar refractivity (Wildman–Crippen MR) is 138 cm³/mol. The van der Waals surface area contributed by atoms with E-state index in [9.17, 15) is 0 Å². The van der Waals surface area contributed by atoms with Crippen LogP contribution in [0.1, 0.15) is 34.7 Å². The number of aryl methyl sites for hydroxylation is 1. The third-order valence-corrected chi connectivity index (χ3v) is 6.01. The summed E-state index contributed by atoms with van der Waals surface area (Å²) in [6.07, 6.45) is 1.01. The number of benzene rings is 1. The molecule has 0 spiro atoms. The SMILES string of the molecule is CCNC(=NCc1ccc(CN2CCOCC2)cc1)NC(C)Cc1ccc(C)s1.I. The number of nitrogens with one attached hydrogen (secondary N) is 2. The largest absolute Gasteiger partial charge is 0.379 e. The monoisotopic (exact) mass is 542 g/mol. The molecule has 1 fully saturated rings. The van der Waals surface area contributed by atoms with Crippen LogP contribution in [0.25, 0.3) is 0 Å². The average Bonchev–Trinajstić information content (AvgIpc) is 3.12. The highest BCUT2D eigenvalue weighted by Gasteiger charge is 2.11. The Kier molecular flexibility index (Phi) is 11.1. The second-order valence-electron chi connectivity index (χ2n) is 7.66. The maximum Gasteiger partial charge on any atom is 0.191 e. The van der Waals surface area contributed by atoms with Gasteiger partial charge in [0, 0.05) is 48.4 Å².